The van der Waals surface area contributed by atoms with Gasteiger partial charge in [0.15, 0.2) is 0 Å². The van der Waals surface area contributed by atoms with Crippen molar-refractivity contribution in [2.75, 3.05) is 18.5 Å². The van der Waals surface area contributed by atoms with Crippen molar-refractivity contribution in [2.24, 2.45) is 5.92 Å². The van der Waals surface area contributed by atoms with E-state index in [4.69, 9.17) is 4.74 Å². The number of nitrogens with zero attached hydrogens (tertiary/aromatic N) is 2. The lowest BCUT2D eigenvalue weighted by Gasteiger charge is -2.32. The van der Waals surface area contributed by atoms with E-state index in [9.17, 15) is 19.7 Å². The average Bonchev–Trinajstić information content (AvgIpc) is 3.23. The second-order valence-corrected chi connectivity index (χ2v) is 6.77. The highest BCUT2D eigenvalue weighted by Crippen LogP contribution is 2.55. The number of anilines is 1. The Kier molecular flexibility index (Phi) is 3.54. The third-order valence-electron chi connectivity index (χ3n) is 5.64. The van der Waals surface area contributed by atoms with Crippen molar-refractivity contribution < 1.29 is 19.2 Å². The third-order valence-corrected chi connectivity index (χ3v) is 5.64. The molecule has 4 rings (SSSR count). The lowest BCUT2D eigenvalue weighted by atomic mass is 9.84. The van der Waals surface area contributed by atoms with E-state index in [0.29, 0.717) is 30.8 Å². The van der Waals surface area contributed by atoms with Gasteiger partial charge in [-0.15, -0.1) is 0 Å². The van der Waals surface area contributed by atoms with Gasteiger partial charge in [-0.2, -0.15) is 0 Å². The van der Waals surface area contributed by atoms with Gasteiger partial charge < -0.3 is 10.1 Å². The lowest BCUT2D eigenvalue weighted by Crippen LogP contribution is -2.47. The molecule has 1 amide bonds. The van der Waals surface area contributed by atoms with Crippen LogP contribution in [0.4, 0.5) is 11.4 Å². The molecule has 2 fully saturated rings. The maximum absolute atomic E-state index is 12.9. The van der Waals surface area contributed by atoms with E-state index in [1.165, 1.54) is 12.1 Å². The summed E-state index contributed by atoms with van der Waals surface area (Å²) in [5.74, 6) is -0.886. The fraction of sp³-hybridized carbons (Fsp3) is 0.529. The minimum atomic E-state index is -1.01. The molecular formula is C17H19N3O5. The third kappa shape index (κ3) is 2.10. The van der Waals surface area contributed by atoms with Gasteiger partial charge in [-0.3, -0.25) is 24.6 Å². The molecule has 0 radical (unpaired) electrons. The Hall–Kier alpha value is -2.48. The number of hydrogen-bond acceptors (Lipinski definition) is 6. The van der Waals surface area contributed by atoms with Crippen LogP contribution >= 0.6 is 0 Å². The number of carbonyl (C=O) groups excluding carboxylic acids is 2. The highest BCUT2D eigenvalue weighted by molar-refractivity contribution is 6.07. The smallest absolute Gasteiger partial charge is 0.310 e. The molecule has 0 aromatic heterocycles. The van der Waals surface area contributed by atoms with Crippen LogP contribution < -0.4 is 5.32 Å². The number of rotatable bonds is 3. The number of nitrogens with one attached hydrogen (secondary N) is 1. The van der Waals surface area contributed by atoms with Crippen LogP contribution in [0.25, 0.3) is 0 Å². The number of fused-ring (bicyclic) bond motifs is 4. The molecule has 25 heavy (non-hydrogen) atoms. The van der Waals surface area contributed by atoms with E-state index in [1.807, 2.05) is 0 Å². The molecule has 0 bridgehead atoms. The number of amides is 1. The van der Waals surface area contributed by atoms with Gasteiger partial charge >= 0.3 is 5.97 Å². The second kappa shape index (κ2) is 5.52. The topological polar surface area (TPSA) is 102 Å². The average molecular weight is 345 g/mol. The molecule has 8 nitrogen and oxygen atoms in total. The number of hydrogen-bond donors (Lipinski definition) is 1. The number of nitro benzene ring substituents is 1. The number of carbonyl (C=O) groups is 2. The molecule has 2 saturated heterocycles. The number of esters is 1. The Labute approximate surface area is 144 Å². The summed E-state index contributed by atoms with van der Waals surface area (Å²) in [5.41, 5.74) is 0.126. The SMILES string of the molecule is CCOC(=O)[C@@H]1C[C@@]2(C(=O)Nc3ccc([N+](=O)[O-])cc32)N2CCC[C@H]12. The van der Waals surface area contributed by atoms with Crippen molar-refractivity contribution in [1.82, 2.24) is 4.90 Å². The van der Waals surface area contributed by atoms with Gasteiger partial charge in [0.05, 0.1) is 17.4 Å². The summed E-state index contributed by atoms with van der Waals surface area (Å²) in [6, 6.07) is 4.37. The van der Waals surface area contributed by atoms with Crippen molar-refractivity contribution in [2.45, 2.75) is 37.8 Å². The van der Waals surface area contributed by atoms with Gasteiger partial charge in [-0.05, 0) is 38.8 Å². The van der Waals surface area contributed by atoms with Crippen LogP contribution in [0.2, 0.25) is 0 Å². The molecule has 8 heteroatoms. The molecule has 0 saturated carbocycles. The summed E-state index contributed by atoms with van der Waals surface area (Å²) < 4.78 is 5.22. The van der Waals surface area contributed by atoms with Gasteiger partial charge in [-0.25, -0.2) is 0 Å². The zero-order chi connectivity index (χ0) is 17.8. The zero-order valence-electron chi connectivity index (χ0n) is 13.9. The normalized spacial score (nSPS) is 30.2. The summed E-state index contributed by atoms with van der Waals surface area (Å²) in [7, 11) is 0. The highest BCUT2D eigenvalue weighted by Gasteiger charge is 2.63. The monoisotopic (exact) mass is 345 g/mol. The fourth-order valence-corrected chi connectivity index (χ4v) is 4.68. The Balaban J connectivity index is 1.82. The van der Waals surface area contributed by atoms with E-state index >= 15 is 0 Å². The van der Waals surface area contributed by atoms with Crippen LogP contribution in [0.3, 0.4) is 0 Å². The zero-order valence-corrected chi connectivity index (χ0v) is 13.9. The first-order valence-electron chi connectivity index (χ1n) is 8.53. The van der Waals surface area contributed by atoms with Crippen LogP contribution in [0.1, 0.15) is 31.7 Å². The van der Waals surface area contributed by atoms with E-state index in [0.717, 1.165) is 12.8 Å². The molecule has 1 spiro atoms. The van der Waals surface area contributed by atoms with Gasteiger partial charge in [-0.1, -0.05) is 0 Å². The molecule has 132 valence electrons. The Bertz CT molecular complexity index is 780. The standard InChI is InChI=1S/C17H19N3O5/c1-2-25-15(21)11-9-17(19-7-3-4-14(11)19)12-8-10(20(23)24)5-6-13(12)18-16(17)22/h5-6,8,11,14H,2-4,7,9H2,1H3,(H,18,22)/t11-,14-,17-/m1/s1. The number of non-ortho nitro benzene ring substituents is 1. The quantitative estimate of drug-likeness (QED) is 0.509. The number of nitro groups is 1. The molecule has 0 unspecified atom stereocenters. The molecule has 1 aromatic rings. The Morgan fingerprint density at radius 3 is 3.04 bits per heavy atom. The molecule has 1 N–H and O–H groups in total. The summed E-state index contributed by atoms with van der Waals surface area (Å²) in [5, 5.41) is 14.0. The van der Waals surface area contributed by atoms with Crippen molar-refractivity contribution in [3.8, 4) is 0 Å². The largest absolute Gasteiger partial charge is 0.466 e. The first-order chi connectivity index (χ1) is 12.0. The Morgan fingerprint density at radius 1 is 1.52 bits per heavy atom. The second-order valence-electron chi connectivity index (χ2n) is 6.77. The van der Waals surface area contributed by atoms with Crippen LogP contribution in [0, 0.1) is 16.0 Å². The number of benzene rings is 1. The molecule has 3 heterocycles. The van der Waals surface area contributed by atoms with E-state index in [-0.39, 0.29) is 23.6 Å². The van der Waals surface area contributed by atoms with Crippen LogP contribution in [0.15, 0.2) is 18.2 Å². The summed E-state index contributed by atoms with van der Waals surface area (Å²) in [4.78, 5) is 38.1. The molecule has 3 atom stereocenters. The summed E-state index contributed by atoms with van der Waals surface area (Å²) in [6.45, 7) is 2.75. The van der Waals surface area contributed by atoms with Crippen molar-refractivity contribution in [1.29, 1.82) is 0 Å². The molecule has 1 aromatic carbocycles. The minimum Gasteiger partial charge on any atom is -0.466 e. The van der Waals surface area contributed by atoms with Gasteiger partial charge in [0.2, 0.25) is 5.91 Å². The van der Waals surface area contributed by atoms with Crippen molar-refractivity contribution in [3.05, 3.63) is 33.9 Å². The summed E-state index contributed by atoms with van der Waals surface area (Å²) in [6.07, 6.45) is 2.01. The molecule has 3 aliphatic heterocycles. The lowest BCUT2D eigenvalue weighted by molar-refractivity contribution is -0.384. The van der Waals surface area contributed by atoms with Gasteiger partial charge in [0, 0.05) is 29.4 Å². The van der Waals surface area contributed by atoms with Crippen LogP contribution in [0.5, 0.6) is 0 Å². The molecular weight excluding hydrogens is 326 g/mol. The highest BCUT2D eigenvalue weighted by atomic mass is 16.6. The van der Waals surface area contributed by atoms with Crippen molar-refractivity contribution >= 4 is 23.3 Å². The first kappa shape index (κ1) is 16.0. The summed E-state index contributed by atoms with van der Waals surface area (Å²) >= 11 is 0. The predicted octanol–water partition coefficient (Wildman–Crippen LogP) is 1.79. The van der Waals surface area contributed by atoms with Crippen molar-refractivity contribution in [3.63, 3.8) is 0 Å². The fourth-order valence-electron chi connectivity index (χ4n) is 4.68. The number of ether oxygens (including phenoxy) is 1. The predicted molar refractivity (Wildman–Crippen MR) is 87.9 cm³/mol. The van der Waals surface area contributed by atoms with Gasteiger partial charge in [0.1, 0.15) is 5.54 Å². The van der Waals surface area contributed by atoms with E-state index in [2.05, 4.69) is 10.2 Å². The van der Waals surface area contributed by atoms with E-state index in [1.54, 1.807) is 13.0 Å². The molecule has 0 aliphatic carbocycles. The van der Waals surface area contributed by atoms with Crippen LogP contribution in [-0.4, -0.2) is 40.9 Å². The first-order valence-corrected chi connectivity index (χ1v) is 8.53. The maximum atomic E-state index is 12.9. The van der Waals surface area contributed by atoms with E-state index < -0.39 is 16.4 Å². The maximum Gasteiger partial charge on any atom is 0.310 e. The van der Waals surface area contributed by atoms with Gasteiger partial charge in [0.25, 0.3) is 5.69 Å². The van der Waals surface area contributed by atoms with Crippen LogP contribution in [-0.2, 0) is 19.9 Å². The minimum absolute atomic E-state index is 0.0510. The molecule has 3 aliphatic rings. The Morgan fingerprint density at radius 2 is 2.32 bits per heavy atom.